The van der Waals surface area contributed by atoms with Gasteiger partial charge >= 0.3 is 0 Å². The molecule has 0 aromatic rings. The summed E-state index contributed by atoms with van der Waals surface area (Å²) in [6.07, 6.45) is 19.4. The number of hydrogen-bond acceptors (Lipinski definition) is 0. The zero-order valence-electron chi connectivity index (χ0n) is 21.9. The van der Waals surface area contributed by atoms with E-state index in [1.54, 1.807) is 5.57 Å². The summed E-state index contributed by atoms with van der Waals surface area (Å²) in [4.78, 5) is 0. The molecule has 0 aromatic heterocycles. The first-order chi connectivity index (χ1) is 14.4. The minimum atomic E-state index is 0.352. The standard InChI is InChI=1S/C31H50/c1-21-19-23(3)25(5)27(20-21)15-14-26-11-10-18-31(9)28(16-17-29(26)31)22(2)12-13-24(4)30(6,7)8/h12-15,21-24,28-29H,5,10-11,16-20H2,1-4,6-9H3. The molecular weight excluding hydrogens is 372 g/mol. The molecule has 3 rings (SSSR count). The van der Waals surface area contributed by atoms with Crippen LogP contribution in [0.5, 0.6) is 0 Å². The molecule has 7 atom stereocenters. The first-order valence-electron chi connectivity index (χ1n) is 13.2. The summed E-state index contributed by atoms with van der Waals surface area (Å²) in [5.74, 6) is 4.34. The molecule has 3 saturated carbocycles. The van der Waals surface area contributed by atoms with Gasteiger partial charge in [0.1, 0.15) is 0 Å². The van der Waals surface area contributed by atoms with Crippen molar-refractivity contribution in [1.29, 1.82) is 0 Å². The van der Waals surface area contributed by atoms with Gasteiger partial charge in [0, 0.05) is 0 Å². The Morgan fingerprint density at radius 3 is 2.45 bits per heavy atom. The molecule has 3 aliphatic carbocycles. The number of hydrogen-bond donors (Lipinski definition) is 0. The van der Waals surface area contributed by atoms with Gasteiger partial charge in [0.2, 0.25) is 0 Å². The van der Waals surface area contributed by atoms with Crippen LogP contribution in [0.2, 0.25) is 0 Å². The molecule has 7 unspecified atom stereocenters. The van der Waals surface area contributed by atoms with Crippen LogP contribution in [0.3, 0.4) is 0 Å². The van der Waals surface area contributed by atoms with Crippen LogP contribution >= 0.6 is 0 Å². The molecule has 3 fully saturated rings. The highest BCUT2D eigenvalue weighted by Gasteiger charge is 2.50. The molecular formula is C31H50. The van der Waals surface area contributed by atoms with E-state index in [4.69, 9.17) is 0 Å². The largest absolute Gasteiger partial charge is 0.0953 e. The molecule has 31 heavy (non-hydrogen) atoms. The summed E-state index contributed by atoms with van der Waals surface area (Å²) in [5, 5.41) is 0. The van der Waals surface area contributed by atoms with Crippen molar-refractivity contribution in [2.24, 2.45) is 46.3 Å². The van der Waals surface area contributed by atoms with Crippen molar-refractivity contribution in [3.8, 4) is 0 Å². The monoisotopic (exact) mass is 422 g/mol. The molecule has 0 heterocycles. The number of fused-ring (bicyclic) bond motifs is 1. The van der Waals surface area contributed by atoms with Crippen molar-refractivity contribution in [3.63, 3.8) is 0 Å². The Labute approximate surface area is 194 Å². The maximum atomic E-state index is 4.44. The lowest BCUT2D eigenvalue weighted by atomic mass is 9.61. The van der Waals surface area contributed by atoms with Crippen LogP contribution < -0.4 is 0 Å². The predicted octanol–water partition coefficient (Wildman–Crippen LogP) is 9.55. The van der Waals surface area contributed by atoms with Crippen LogP contribution in [-0.2, 0) is 0 Å². The summed E-state index contributed by atoms with van der Waals surface area (Å²) in [5.41, 5.74) is 5.48. The maximum Gasteiger partial charge on any atom is -0.0143 e. The summed E-state index contributed by atoms with van der Waals surface area (Å²) in [7, 11) is 0. The Morgan fingerprint density at radius 1 is 1.06 bits per heavy atom. The second-order valence-electron chi connectivity index (χ2n) is 12.9. The fraction of sp³-hybridized carbons (Fsp3) is 0.742. The molecule has 3 aliphatic rings. The SMILES string of the molecule is C=C1C(=CC=C2CCCC3(C)C2CCC3C(C)C=CC(C)C(C)(C)C)CC(C)CC1C. The van der Waals surface area contributed by atoms with Gasteiger partial charge in [-0.05, 0) is 102 Å². The lowest BCUT2D eigenvalue weighted by Crippen LogP contribution is -2.35. The zero-order valence-corrected chi connectivity index (χ0v) is 21.9. The Balaban J connectivity index is 1.76. The van der Waals surface area contributed by atoms with Crippen LogP contribution in [0.25, 0.3) is 0 Å². The molecule has 0 nitrogen and oxygen atoms in total. The topological polar surface area (TPSA) is 0 Å². The third kappa shape index (κ3) is 5.31. The van der Waals surface area contributed by atoms with Crippen molar-refractivity contribution < 1.29 is 0 Å². The highest BCUT2D eigenvalue weighted by molar-refractivity contribution is 5.37. The van der Waals surface area contributed by atoms with Crippen LogP contribution in [0, 0.1) is 46.3 Å². The zero-order chi connectivity index (χ0) is 23.0. The van der Waals surface area contributed by atoms with Crippen LogP contribution in [0.1, 0.15) is 100 Å². The van der Waals surface area contributed by atoms with E-state index in [9.17, 15) is 0 Å². The minimum Gasteiger partial charge on any atom is -0.0953 e. The average Bonchev–Trinajstić information content (AvgIpc) is 3.04. The van der Waals surface area contributed by atoms with E-state index in [0.717, 1.165) is 17.8 Å². The Morgan fingerprint density at radius 2 is 1.77 bits per heavy atom. The van der Waals surface area contributed by atoms with E-state index in [2.05, 4.69) is 86.3 Å². The third-order valence-electron chi connectivity index (χ3n) is 9.57. The lowest BCUT2D eigenvalue weighted by Gasteiger charge is -2.44. The highest BCUT2D eigenvalue weighted by atomic mass is 14.5. The summed E-state index contributed by atoms with van der Waals surface area (Å²) >= 11 is 0. The maximum absolute atomic E-state index is 4.44. The van der Waals surface area contributed by atoms with E-state index in [1.807, 2.05) is 0 Å². The van der Waals surface area contributed by atoms with E-state index in [0.29, 0.717) is 28.6 Å². The smallest absolute Gasteiger partial charge is 0.0143 e. The fourth-order valence-corrected chi connectivity index (χ4v) is 6.94. The van der Waals surface area contributed by atoms with Gasteiger partial charge in [0.15, 0.2) is 0 Å². The molecule has 0 heteroatoms. The van der Waals surface area contributed by atoms with Gasteiger partial charge in [-0.3, -0.25) is 0 Å². The van der Waals surface area contributed by atoms with E-state index in [-0.39, 0.29) is 0 Å². The molecule has 0 radical (unpaired) electrons. The number of allylic oxidation sites excluding steroid dienone is 7. The van der Waals surface area contributed by atoms with Crippen molar-refractivity contribution in [3.05, 3.63) is 47.6 Å². The van der Waals surface area contributed by atoms with Gasteiger partial charge in [-0.1, -0.05) is 91.8 Å². The molecule has 0 aromatic carbocycles. The highest BCUT2D eigenvalue weighted by Crippen LogP contribution is 2.59. The van der Waals surface area contributed by atoms with Gasteiger partial charge in [0.25, 0.3) is 0 Å². The van der Waals surface area contributed by atoms with Crippen molar-refractivity contribution >= 4 is 0 Å². The van der Waals surface area contributed by atoms with E-state index >= 15 is 0 Å². The first-order valence-corrected chi connectivity index (χ1v) is 13.2. The van der Waals surface area contributed by atoms with Gasteiger partial charge < -0.3 is 0 Å². The molecule has 0 aliphatic heterocycles. The Bertz CT molecular complexity index is 738. The normalized spacial score (nSPS) is 39.3. The van der Waals surface area contributed by atoms with E-state index < -0.39 is 0 Å². The molecule has 0 amide bonds. The molecule has 174 valence electrons. The molecule has 0 bridgehead atoms. The van der Waals surface area contributed by atoms with Crippen molar-refractivity contribution in [2.45, 2.75) is 100 Å². The van der Waals surface area contributed by atoms with Gasteiger partial charge in [-0.15, -0.1) is 0 Å². The lowest BCUT2D eigenvalue weighted by molar-refractivity contribution is 0.112. The quantitative estimate of drug-likeness (QED) is 0.396. The van der Waals surface area contributed by atoms with Gasteiger partial charge in [-0.2, -0.15) is 0 Å². The Hall–Kier alpha value is -1.04. The third-order valence-corrected chi connectivity index (χ3v) is 9.57. The second kappa shape index (κ2) is 9.44. The second-order valence-corrected chi connectivity index (χ2v) is 12.9. The van der Waals surface area contributed by atoms with Gasteiger partial charge in [0.05, 0.1) is 0 Å². The summed E-state index contributed by atoms with van der Waals surface area (Å²) in [6, 6.07) is 0. The van der Waals surface area contributed by atoms with Crippen molar-refractivity contribution in [2.75, 3.05) is 0 Å². The fourth-order valence-electron chi connectivity index (χ4n) is 6.94. The van der Waals surface area contributed by atoms with Crippen molar-refractivity contribution in [1.82, 2.24) is 0 Å². The molecule has 0 saturated heterocycles. The first kappa shape index (κ1) is 24.6. The minimum absolute atomic E-state index is 0.352. The van der Waals surface area contributed by atoms with Crippen LogP contribution in [0.4, 0.5) is 0 Å². The summed E-state index contributed by atoms with van der Waals surface area (Å²) < 4.78 is 0. The van der Waals surface area contributed by atoms with E-state index in [1.165, 1.54) is 56.1 Å². The van der Waals surface area contributed by atoms with Crippen LogP contribution in [-0.4, -0.2) is 0 Å². The van der Waals surface area contributed by atoms with Crippen LogP contribution in [0.15, 0.2) is 47.6 Å². The summed E-state index contributed by atoms with van der Waals surface area (Å²) in [6.45, 7) is 23.7. The molecule has 0 spiro atoms. The predicted molar refractivity (Wildman–Crippen MR) is 138 cm³/mol. The average molecular weight is 423 g/mol. The number of rotatable bonds is 4. The van der Waals surface area contributed by atoms with Gasteiger partial charge in [-0.25, -0.2) is 0 Å². The molecule has 0 N–H and O–H groups in total. The Kier molecular flexibility index (Phi) is 7.49.